The fraction of sp³-hybridized carbons (Fsp3) is 0.167. The van der Waals surface area contributed by atoms with E-state index in [2.05, 4.69) is 4.98 Å². The van der Waals surface area contributed by atoms with Gasteiger partial charge in [0.05, 0.1) is 5.69 Å². The molecule has 2 aromatic rings. The highest BCUT2D eigenvalue weighted by atomic mass is 19.1. The van der Waals surface area contributed by atoms with E-state index in [0.29, 0.717) is 17.9 Å². The van der Waals surface area contributed by atoms with Crippen molar-refractivity contribution in [3.05, 3.63) is 47.8 Å². The lowest BCUT2D eigenvalue weighted by Gasteiger charge is -2.04. The Morgan fingerprint density at radius 1 is 1.53 bits per heavy atom. The molecular formula is C12H12FN3O. The van der Waals surface area contributed by atoms with Crippen molar-refractivity contribution >= 4 is 11.5 Å². The molecule has 4 nitrogen and oxygen atoms in total. The molecule has 0 unspecified atom stereocenters. The second-order valence-corrected chi connectivity index (χ2v) is 3.60. The van der Waals surface area contributed by atoms with Gasteiger partial charge in [-0.05, 0) is 25.1 Å². The molecule has 0 radical (unpaired) electrons. The van der Waals surface area contributed by atoms with Gasteiger partial charge in [0, 0.05) is 24.5 Å². The van der Waals surface area contributed by atoms with Gasteiger partial charge in [-0.15, -0.1) is 0 Å². The van der Waals surface area contributed by atoms with Gasteiger partial charge in [0.1, 0.15) is 5.82 Å². The number of nitrogen functional groups attached to an aromatic ring is 1. The zero-order chi connectivity index (χ0) is 12.4. The number of imidazole rings is 1. The number of anilines is 1. The minimum Gasteiger partial charge on any atom is -0.396 e. The van der Waals surface area contributed by atoms with Gasteiger partial charge in [-0.1, -0.05) is 0 Å². The van der Waals surface area contributed by atoms with Crippen molar-refractivity contribution in [3.8, 4) is 0 Å². The van der Waals surface area contributed by atoms with Crippen LogP contribution in [0.15, 0.2) is 30.6 Å². The number of aromatic nitrogens is 2. The number of rotatable bonds is 3. The minimum atomic E-state index is -0.527. The lowest BCUT2D eigenvalue weighted by molar-refractivity contribution is 0.102. The zero-order valence-corrected chi connectivity index (χ0v) is 9.35. The first-order valence-corrected chi connectivity index (χ1v) is 5.24. The molecule has 17 heavy (non-hydrogen) atoms. The Balaban J connectivity index is 2.40. The highest BCUT2D eigenvalue weighted by Gasteiger charge is 2.15. The van der Waals surface area contributed by atoms with Gasteiger partial charge >= 0.3 is 0 Å². The summed E-state index contributed by atoms with van der Waals surface area (Å²) in [5, 5.41) is 0. The van der Waals surface area contributed by atoms with E-state index >= 15 is 0 Å². The molecule has 0 amide bonds. The van der Waals surface area contributed by atoms with Crippen LogP contribution in [0.3, 0.4) is 0 Å². The summed E-state index contributed by atoms with van der Waals surface area (Å²) >= 11 is 0. The highest BCUT2D eigenvalue weighted by Crippen LogP contribution is 2.15. The summed E-state index contributed by atoms with van der Waals surface area (Å²) in [6, 6.07) is 3.91. The zero-order valence-electron chi connectivity index (χ0n) is 9.35. The van der Waals surface area contributed by atoms with Crippen molar-refractivity contribution in [2.45, 2.75) is 13.5 Å². The Morgan fingerprint density at radius 3 is 2.94 bits per heavy atom. The number of nitrogens with zero attached hydrogens (tertiary/aromatic N) is 2. The lowest BCUT2D eigenvalue weighted by Crippen LogP contribution is -2.11. The second-order valence-electron chi connectivity index (χ2n) is 3.60. The summed E-state index contributed by atoms with van der Waals surface area (Å²) in [5.41, 5.74) is 5.73. The van der Waals surface area contributed by atoms with Crippen LogP contribution < -0.4 is 5.73 Å². The highest BCUT2D eigenvalue weighted by molar-refractivity contribution is 6.07. The lowest BCUT2D eigenvalue weighted by atomic mass is 10.1. The third kappa shape index (κ3) is 2.04. The average molecular weight is 233 g/mol. The van der Waals surface area contributed by atoms with E-state index in [4.69, 9.17) is 5.73 Å². The topological polar surface area (TPSA) is 60.9 Å². The van der Waals surface area contributed by atoms with Crippen LogP contribution >= 0.6 is 0 Å². The minimum absolute atomic E-state index is 0.0366. The van der Waals surface area contributed by atoms with E-state index < -0.39 is 5.82 Å². The largest absolute Gasteiger partial charge is 0.396 e. The molecule has 0 aliphatic heterocycles. The summed E-state index contributed by atoms with van der Waals surface area (Å²) < 4.78 is 14.7. The van der Waals surface area contributed by atoms with Gasteiger partial charge in [-0.3, -0.25) is 4.79 Å². The number of ketones is 1. The molecule has 0 saturated carbocycles. The maximum atomic E-state index is 13.0. The van der Waals surface area contributed by atoms with E-state index in [1.807, 2.05) is 6.92 Å². The molecular weight excluding hydrogens is 221 g/mol. The summed E-state index contributed by atoms with van der Waals surface area (Å²) in [4.78, 5) is 16.1. The first kappa shape index (κ1) is 11.3. The molecule has 0 fully saturated rings. The summed E-state index contributed by atoms with van der Waals surface area (Å²) in [7, 11) is 0. The molecule has 0 spiro atoms. The SMILES string of the molecule is CCn1ccnc1C(=O)c1ccc(F)c(N)c1. The third-order valence-corrected chi connectivity index (χ3v) is 2.52. The smallest absolute Gasteiger partial charge is 0.228 e. The van der Waals surface area contributed by atoms with Crippen LogP contribution in [0.25, 0.3) is 0 Å². The van der Waals surface area contributed by atoms with Crippen LogP contribution in [0.2, 0.25) is 0 Å². The van der Waals surface area contributed by atoms with Crippen molar-refractivity contribution in [2.24, 2.45) is 0 Å². The van der Waals surface area contributed by atoms with Crippen LogP contribution in [0, 0.1) is 5.82 Å². The Kier molecular flexibility index (Phi) is 2.91. The average Bonchev–Trinajstić information content (AvgIpc) is 2.80. The van der Waals surface area contributed by atoms with Crippen molar-refractivity contribution in [2.75, 3.05) is 5.73 Å². The predicted molar refractivity (Wildman–Crippen MR) is 62.1 cm³/mol. The molecule has 0 saturated heterocycles. The van der Waals surface area contributed by atoms with Gasteiger partial charge in [0.25, 0.3) is 0 Å². The van der Waals surface area contributed by atoms with Gasteiger partial charge in [-0.2, -0.15) is 0 Å². The number of nitrogens with two attached hydrogens (primary N) is 1. The van der Waals surface area contributed by atoms with Crippen molar-refractivity contribution in [3.63, 3.8) is 0 Å². The summed E-state index contributed by atoms with van der Waals surface area (Å²) in [6.45, 7) is 2.56. The molecule has 0 aliphatic rings. The number of hydrogen-bond acceptors (Lipinski definition) is 3. The fourth-order valence-corrected chi connectivity index (χ4v) is 1.59. The Bertz CT molecular complexity index is 563. The van der Waals surface area contributed by atoms with E-state index in [1.54, 1.807) is 17.0 Å². The first-order valence-electron chi connectivity index (χ1n) is 5.24. The van der Waals surface area contributed by atoms with Crippen LogP contribution in [0.4, 0.5) is 10.1 Å². The molecule has 0 atom stereocenters. The predicted octanol–water partition coefficient (Wildman–Crippen LogP) is 1.86. The summed E-state index contributed by atoms with van der Waals surface area (Å²) in [5.74, 6) is -0.456. The molecule has 0 aliphatic carbocycles. The Labute approximate surface area is 97.9 Å². The van der Waals surface area contributed by atoms with Crippen LogP contribution in [-0.2, 0) is 6.54 Å². The number of aryl methyl sites for hydroxylation is 1. The molecule has 0 bridgehead atoms. The molecule has 1 heterocycles. The number of carbonyl (C=O) groups is 1. The van der Waals surface area contributed by atoms with Crippen molar-refractivity contribution in [1.29, 1.82) is 0 Å². The third-order valence-electron chi connectivity index (χ3n) is 2.52. The number of benzene rings is 1. The van der Waals surface area contributed by atoms with E-state index in [1.165, 1.54) is 18.2 Å². The first-order chi connectivity index (χ1) is 8.13. The van der Waals surface area contributed by atoms with Crippen LogP contribution in [0.5, 0.6) is 0 Å². The molecule has 1 aromatic heterocycles. The number of hydrogen-bond donors (Lipinski definition) is 1. The molecule has 88 valence electrons. The maximum absolute atomic E-state index is 13.0. The number of halogens is 1. The van der Waals surface area contributed by atoms with Gasteiger partial charge < -0.3 is 10.3 Å². The fourth-order valence-electron chi connectivity index (χ4n) is 1.59. The van der Waals surface area contributed by atoms with E-state index in [9.17, 15) is 9.18 Å². The molecule has 1 aromatic carbocycles. The summed E-state index contributed by atoms with van der Waals surface area (Å²) in [6.07, 6.45) is 3.28. The Morgan fingerprint density at radius 2 is 2.29 bits per heavy atom. The quantitative estimate of drug-likeness (QED) is 0.650. The second kappa shape index (κ2) is 4.37. The molecule has 2 N–H and O–H groups in total. The monoisotopic (exact) mass is 233 g/mol. The van der Waals surface area contributed by atoms with E-state index in [0.717, 1.165) is 0 Å². The van der Waals surface area contributed by atoms with Crippen molar-refractivity contribution in [1.82, 2.24) is 9.55 Å². The van der Waals surface area contributed by atoms with Crippen molar-refractivity contribution < 1.29 is 9.18 Å². The van der Waals surface area contributed by atoms with E-state index in [-0.39, 0.29) is 11.5 Å². The van der Waals surface area contributed by atoms with Crippen LogP contribution in [0.1, 0.15) is 23.1 Å². The normalized spacial score (nSPS) is 10.5. The van der Waals surface area contributed by atoms with Gasteiger partial charge in [0.15, 0.2) is 5.82 Å². The maximum Gasteiger partial charge on any atom is 0.228 e. The molecule has 2 rings (SSSR count). The molecule has 5 heteroatoms. The van der Waals surface area contributed by atoms with Gasteiger partial charge in [-0.25, -0.2) is 9.37 Å². The van der Waals surface area contributed by atoms with Gasteiger partial charge in [0.2, 0.25) is 5.78 Å². The number of carbonyl (C=O) groups excluding carboxylic acids is 1. The Hall–Kier alpha value is -2.17. The standard InChI is InChI=1S/C12H12FN3O/c1-2-16-6-5-15-12(16)11(17)8-3-4-9(13)10(14)7-8/h3-7H,2,14H2,1H3. The van der Waals surface area contributed by atoms with Crippen LogP contribution in [-0.4, -0.2) is 15.3 Å².